The van der Waals surface area contributed by atoms with Gasteiger partial charge in [0.25, 0.3) is 17.7 Å². The first kappa shape index (κ1) is 21.8. The summed E-state index contributed by atoms with van der Waals surface area (Å²) in [6, 6.07) is 6.76. The lowest BCUT2D eigenvalue weighted by Crippen LogP contribution is -2.29. The number of hydrogen-bond donors (Lipinski definition) is 1. The number of imide groups is 1. The Morgan fingerprint density at radius 1 is 1.03 bits per heavy atom. The molecule has 1 heterocycles. The fourth-order valence-corrected chi connectivity index (χ4v) is 3.68. The lowest BCUT2D eigenvalue weighted by Gasteiger charge is -2.10. The Morgan fingerprint density at radius 3 is 2.30 bits per heavy atom. The summed E-state index contributed by atoms with van der Waals surface area (Å²) in [5, 5.41) is 2.98. The largest absolute Gasteiger partial charge is 0.452 e. The summed E-state index contributed by atoms with van der Waals surface area (Å²) in [4.78, 5) is 49.9. The molecule has 3 amide bonds. The monoisotopic (exact) mass is 466 g/mol. The smallest absolute Gasteiger partial charge is 0.338 e. The molecule has 0 saturated carbocycles. The lowest BCUT2D eigenvalue weighted by molar-refractivity contribution is -0.119. The Labute approximate surface area is 186 Å². The molecular weight excluding hydrogens is 455 g/mol. The molecule has 7 nitrogen and oxygen atoms in total. The first-order chi connectivity index (χ1) is 14.2. The summed E-state index contributed by atoms with van der Waals surface area (Å²) in [5.41, 5.74) is 0.419. The molecule has 0 radical (unpaired) electrons. The van der Waals surface area contributed by atoms with E-state index in [-0.39, 0.29) is 39.0 Å². The van der Waals surface area contributed by atoms with Crippen molar-refractivity contribution in [2.75, 3.05) is 18.5 Å². The van der Waals surface area contributed by atoms with E-state index >= 15 is 0 Å². The number of carbonyl (C=O) groups is 4. The van der Waals surface area contributed by atoms with E-state index < -0.39 is 30.3 Å². The van der Waals surface area contributed by atoms with Crippen molar-refractivity contribution in [3.05, 3.63) is 74.7 Å². The van der Waals surface area contributed by atoms with Crippen molar-refractivity contribution in [1.29, 1.82) is 0 Å². The maximum Gasteiger partial charge on any atom is 0.338 e. The molecule has 0 aliphatic carbocycles. The van der Waals surface area contributed by atoms with Crippen LogP contribution in [0.4, 0.5) is 5.69 Å². The summed E-state index contributed by atoms with van der Waals surface area (Å²) in [6.45, 7) is 2.94. The van der Waals surface area contributed by atoms with E-state index in [9.17, 15) is 19.2 Å². The SMILES string of the molecule is C=CCN1C(=O)c2ccc(C(=O)OCC(=O)Nc3c(Cl)cc(Cl)cc3Cl)cc2C1=O. The third-order valence-corrected chi connectivity index (χ3v) is 4.94. The number of hydrogen-bond acceptors (Lipinski definition) is 5. The highest BCUT2D eigenvalue weighted by Crippen LogP contribution is 2.33. The summed E-state index contributed by atoms with van der Waals surface area (Å²) in [7, 11) is 0. The highest BCUT2D eigenvalue weighted by molar-refractivity contribution is 6.42. The van der Waals surface area contributed by atoms with Crippen molar-refractivity contribution >= 4 is 64.2 Å². The number of benzene rings is 2. The number of carbonyl (C=O) groups excluding carboxylic acids is 4. The van der Waals surface area contributed by atoms with Gasteiger partial charge in [0.1, 0.15) is 0 Å². The van der Waals surface area contributed by atoms with Crippen molar-refractivity contribution in [2.45, 2.75) is 0 Å². The minimum atomic E-state index is -0.844. The Morgan fingerprint density at radius 2 is 1.67 bits per heavy atom. The summed E-state index contributed by atoms with van der Waals surface area (Å²) >= 11 is 17.8. The number of ether oxygens (including phenoxy) is 1. The average Bonchev–Trinajstić information content (AvgIpc) is 2.93. The van der Waals surface area contributed by atoms with Crippen LogP contribution < -0.4 is 5.32 Å². The van der Waals surface area contributed by atoms with Crippen molar-refractivity contribution in [3.8, 4) is 0 Å². The number of nitrogens with one attached hydrogen (secondary N) is 1. The van der Waals surface area contributed by atoms with Crippen LogP contribution >= 0.6 is 34.8 Å². The predicted octanol–water partition coefficient (Wildman–Crippen LogP) is 4.22. The molecule has 1 aliphatic rings. The number of halogens is 3. The Hall–Kier alpha value is -2.87. The van der Waals surface area contributed by atoms with Gasteiger partial charge in [-0.1, -0.05) is 40.9 Å². The molecule has 1 aliphatic heterocycles. The van der Waals surface area contributed by atoms with Gasteiger partial charge in [0.05, 0.1) is 32.4 Å². The van der Waals surface area contributed by atoms with E-state index in [1.165, 1.54) is 36.4 Å². The molecule has 30 heavy (non-hydrogen) atoms. The first-order valence-electron chi connectivity index (χ1n) is 8.45. The number of rotatable bonds is 6. The van der Waals surface area contributed by atoms with Crippen LogP contribution in [0, 0.1) is 0 Å². The lowest BCUT2D eigenvalue weighted by atomic mass is 10.1. The molecule has 2 aromatic rings. The minimum Gasteiger partial charge on any atom is -0.452 e. The van der Waals surface area contributed by atoms with Gasteiger partial charge in [0.2, 0.25) is 0 Å². The predicted molar refractivity (Wildman–Crippen MR) is 112 cm³/mol. The zero-order valence-electron chi connectivity index (χ0n) is 15.2. The van der Waals surface area contributed by atoms with Gasteiger partial charge >= 0.3 is 5.97 Å². The van der Waals surface area contributed by atoms with E-state index in [0.29, 0.717) is 5.02 Å². The van der Waals surface area contributed by atoms with Gasteiger partial charge in [0.15, 0.2) is 6.61 Å². The van der Waals surface area contributed by atoms with E-state index in [1.807, 2.05) is 0 Å². The topological polar surface area (TPSA) is 92.8 Å². The molecule has 3 rings (SSSR count). The average molecular weight is 468 g/mol. The highest BCUT2D eigenvalue weighted by Gasteiger charge is 2.35. The minimum absolute atomic E-state index is 0.0192. The summed E-state index contributed by atoms with van der Waals surface area (Å²) in [6.07, 6.45) is 1.43. The van der Waals surface area contributed by atoms with Crippen LogP contribution in [-0.2, 0) is 9.53 Å². The maximum absolute atomic E-state index is 12.3. The van der Waals surface area contributed by atoms with E-state index in [0.717, 1.165) is 4.90 Å². The van der Waals surface area contributed by atoms with E-state index in [1.54, 1.807) is 0 Å². The molecule has 0 unspecified atom stereocenters. The number of nitrogens with zero attached hydrogens (tertiary/aromatic N) is 1. The number of fused-ring (bicyclic) bond motifs is 1. The molecule has 0 atom stereocenters. The standard InChI is InChI=1S/C20H13Cl3N2O5/c1-2-5-25-18(27)12-4-3-10(6-13(12)19(25)28)20(29)30-9-16(26)24-17-14(22)7-11(21)8-15(17)23/h2-4,6-8H,1,5,9H2,(H,24,26). The molecular formula is C20H13Cl3N2O5. The van der Waals surface area contributed by atoms with E-state index in [2.05, 4.69) is 11.9 Å². The van der Waals surface area contributed by atoms with Gasteiger partial charge in [-0.25, -0.2) is 4.79 Å². The molecule has 1 N–H and O–H groups in total. The molecule has 154 valence electrons. The zero-order chi connectivity index (χ0) is 22.0. The van der Waals surface area contributed by atoms with Gasteiger partial charge in [-0.2, -0.15) is 0 Å². The van der Waals surface area contributed by atoms with Gasteiger partial charge < -0.3 is 10.1 Å². The Bertz CT molecular complexity index is 1080. The van der Waals surface area contributed by atoms with Crippen molar-refractivity contribution in [1.82, 2.24) is 4.90 Å². The van der Waals surface area contributed by atoms with Gasteiger partial charge in [0, 0.05) is 11.6 Å². The molecule has 0 spiro atoms. The third-order valence-electron chi connectivity index (χ3n) is 4.12. The number of anilines is 1. The van der Waals surface area contributed by atoms with Crippen LogP contribution in [0.2, 0.25) is 15.1 Å². The molecule has 0 bridgehead atoms. The first-order valence-corrected chi connectivity index (χ1v) is 9.59. The second-order valence-electron chi connectivity index (χ2n) is 6.14. The third kappa shape index (κ3) is 4.33. The molecule has 2 aromatic carbocycles. The van der Waals surface area contributed by atoms with Crippen molar-refractivity contribution in [3.63, 3.8) is 0 Å². The second-order valence-corrected chi connectivity index (χ2v) is 7.39. The van der Waals surface area contributed by atoms with Crippen molar-refractivity contribution in [2.24, 2.45) is 0 Å². The van der Waals surface area contributed by atoms with Gasteiger partial charge in [-0.05, 0) is 30.3 Å². The Kier molecular flexibility index (Phi) is 6.45. The summed E-state index contributed by atoms with van der Waals surface area (Å²) < 4.78 is 4.97. The van der Waals surface area contributed by atoms with Crippen LogP contribution in [0.1, 0.15) is 31.1 Å². The molecule has 0 fully saturated rings. The van der Waals surface area contributed by atoms with Crippen LogP contribution in [0.5, 0.6) is 0 Å². The molecule has 0 saturated heterocycles. The fraction of sp³-hybridized carbons (Fsp3) is 0.100. The normalized spacial score (nSPS) is 12.6. The second kappa shape index (κ2) is 8.87. The maximum atomic E-state index is 12.3. The van der Waals surface area contributed by atoms with E-state index in [4.69, 9.17) is 39.5 Å². The fourth-order valence-electron chi connectivity index (χ4n) is 2.76. The number of esters is 1. The quantitative estimate of drug-likeness (QED) is 0.390. The van der Waals surface area contributed by atoms with Crippen LogP contribution in [0.15, 0.2) is 43.0 Å². The zero-order valence-corrected chi connectivity index (χ0v) is 17.5. The van der Waals surface area contributed by atoms with Gasteiger partial charge in [-0.3, -0.25) is 19.3 Å². The van der Waals surface area contributed by atoms with Crippen LogP contribution in [0.25, 0.3) is 0 Å². The van der Waals surface area contributed by atoms with Crippen LogP contribution in [-0.4, -0.2) is 41.7 Å². The number of amides is 3. The molecule has 0 aromatic heterocycles. The highest BCUT2D eigenvalue weighted by atomic mass is 35.5. The van der Waals surface area contributed by atoms with Crippen molar-refractivity contribution < 1.29 is 23.9 Å². The Balaban J connectivity index is 1.67. The van der Waals surface area contributed by atoms with Crippen LogP contribution in [0.3, 0.4) is 0 Å². The molecule has 10 heteroatoms. The van der Waals surface area contributed by atoms with Gasteiger partial charge in [-0.15, -0.1) is 6.58 Å². The summed E-state index contributed by atoms with van der Waals surface area (Å²) in [5.74, 6) is -2.53.